The molecule has 27 nitrogen and oxygen atoms in total. The van der Waals surface area contributed by atoms with Crippen molar-refractivity contribution in [1.29, 1.82) is 0 Å². The summed E-state index contributed by atoms with van der Waals surface area (Å²) in [7, 11) is -6.93. The molecule has 0 aliphatic rings. The largest absolute Gasteiger partial charge is 0.391 e. The number of likely N-dealkylation sites (N-methyl/N-ethyl adjacent to an activating group) is 5. The average Bonchev–Trinajstić information content (AvgIpc) is 0.826. The molecule has 0 aliphatic carbocycles. The van der Waals surface area contributed by atoms with Crippen LogP contribution in [0.2, 0.25) is 0 Å². The van der Waals surface area contributed by atoms with Gasteiger partial charge in [0.1, 0.15) is 151 Å². The third-order valence-electron chi connectivity index (χ3n) is 23.6. The van der Waals surface area contributed by atoms with E-state index in [-0.39, 0.29) is 66.1 Å². The van der Waals surface area contributed by atoms with Crippen LogP contribution in [0.15, 0.2) is 0 Å². The van der Waals surface area contributed by atoms with Crippen molar-refractivity contribution >= 4 is 30.4 Å². The number of nitrogens with zero attached hydrogens (tertiary/aromatic N) is 8. The van der Waals surface area contributed by atoms with Gasteiger partial charge in [-0.25, -0.2) is 0 Å². The Hall–Kier alpha value is -0.000000000000000125. The van der Waals surface area contributed by atoms with Gasteiger partial charge in [0.05, 0.1) is 180 Å². The van der Waals surface area contributed by atoms with Crippen LogP contribution in [-0.2, 0) is 54.5 Å². The van der Waals surface area contributed by atoms with Crippen LogP contribution < -0.4 is 0 Å². The Morgan fingerprint density at radius 1 is 0.209 bits per heavy atom. The molecule has 0 fully saturated rings. The number of aliphatic hydroxyl groups excluding tert-OH is 7. The first-order chi connectivity index (χ1) is 50.9. The standard InChI is InChI=1S/C21H49N2O5P.C20H47N2O6P.C20H47N2O3P.C18H43N2O5P/c1-8-12-23(13-17-24,14-18-25)16-20-28-29(26,21(5,6)7)27-19-15-22(9-2,10-3)11-4;1-7-21(8-2,9-3)13-18-27-29(26,20(4,5)6)28-19-14-22(10-15-23,11-16-24)12-17-25;1-10-21(11-2,12-3)16-18-24-26(23,20(7,8)9)25-19-17-22(13-4,14-5)15-6;1-8-9-20(10-14-21,11-15-22)13-17-25-26(23,18(2,3)4)24-16-12-19(5,6)7/h24-25H,8-20H2,1-7H3;23-25H,7-19H2,1-6H3;10-19H2,1-9H3;21-22H,8-17H2,1-7H3/q4*+2. The first-order valence-electron chi connectivity index (χ1n) is 42.5. The van der Waals surface area contributed by atoms with Crippen molar-refractivity contribution in [3.63, 3.8) is 0 Å². The SMILES string of the molecule is CCC[N+](CCO)(CCO)CCOP(=O)(OCC[N+](C)(C)C)C(C)(C)C.CCC[N+](CCO)(CCO)CCOP(=O)(OCC[N+](CC)(CC)CC)C(C)(C)C.CC[N+](CC)(CC)CCOP(=O)(OCC[N+](CC)(CC)CC)C(C)(C)C.CC[N+](CC)(CC)CCOP(=O)(OCC[N+](CCO)(CCO)CCO)C(C)(C)C. The summed E-state index contributed by atoms with van der Waals surface area (Å²) in [6, 6.07) is 0. The van der Waals surface area contributed by atoms with Crippen LogP contribution in [0.3, 0.4) is 0 Å². The molecule has 668 valence electrons. The number of aliphatic hydroxyl groups is 7. The van der Waals surface area contributed by atoms with E-state index in [4.69, 9.17) is 36.2 Å². The molecule has 0 aromatic carbocycles. The second-order valence-corrected chi connectivity index (χ2v) is 46.6. The van der Waals surface area contributed by atoms with Gasteiger partial charge >= 0.3 is 30.4 Å². The van der Waals surface area contributed by atoms with E-state index < -0.39 is 51.0 Å². The normalized spacial score (nSPS) is 15.2. The van der Waals surface area contributed by atoms with Crippen LogP contribution in [0.1, 0.15) is 193 Å². The Balaban J connectivity index is -0.000000682. The van der Waals surface area contributed by atoms with Crippen molar-refractivity contribution in [2.45, 2.75) is 213 Å². The van der Waals surface area contributed by atoms with Crippen LogP contribution in [0, 0.1) is 0 Å². The highest BCUT2D eigenvalue weighted by Gasteiger charge is 2.46. The molecule has 31 heteroatoms. The molecule has 3 atom stereocenters. The molecule has 0 rings (SSSR count). The Labute approximate surface area is 676 Å². The quantitative estimate of drug-likeness (QED) is 0.0220. The molecule has 3 unspecified atom stereocenters. The zero-order valence-electron chi connectivity index (χ0n) is 76.9. The highest BCUT2D eigenvalue weighted by Crippen LogP contribution is 2.62. The summed E-state index contributed by atoms with van der Waals surface area (Å²) >= 11 is 0. The molecule has 0 aromatic heterocycles. The molecule has 0 heterocycles. The van der Waals surface area contributed by atoms with Crippen molar-refractivity contribution in [2.24, 2.45) is 0 Å². The predicted octanol–water partition coefficient (Wildman–Crippen LogP) is 11.5. The number of hydrogen-bond acceptors (Lipinski definition) is 19. The van der Waals surface area contributed by atoms with E-state index in [1.165, 1.54) is 0 Å². The van der Waals surface area contributed by atoms with Crippen LogP contribution in [-0.4, -0.2) is 402 Å². The molecule has 0 amide bonds. The summed E-state index contributed by atoms with van der Waals surface area (Å²) < 4.78 is 107. The second kappa shape index (κ2) is 56.5. The van der Waals surface area contributed by atoms with Gasteiger partial charge in [-0.15, -0.1) is 0 Å². The molecule has 0 saturated carbocycles. The predicted molar refractivity (Wildman–Crippen MR) is 456 cm³/mol. The molecule has 0 radical (unpaired) electrons. The first kappa shape index (κ1) is 116. The fourth-order valence-electron chi connectivity index (χ4n) is 13.6. The molecule has 0 saturated heterocycles. The zero-order valence-corrected chi connectivity index (χ0v) is 80.5. The number of rotatable bonds is 62. The van der Waals surface area contributed by atoms with Crippen LogP contribution >= 0.6 is 30.4 Å². The molecule has 0 aliphatic heterocycles. The number of quaternary nitrogens is 8. The molecule has 0 bridgehead atoms. The number of hydrogen-bond donors (Lipinski definition) is 7. The lowest BCUT2D eigenvalue weighted by molar-refractivity contribution is -0.929. The van der Waals surface area contributed by atoms with Crippen molar-refractivity contribution in [3.05, 3.63) is 0 Å². The van der Waals surface area contributed by atoms with Gasteiger partial charge in [-0.05, 0) is 179 Å². The zero-order chi connectivity index (χ0) is 86.2. The maximum Gasteiger partial charge on any atom is 0.336 e. The monoisotopic (exact) mass is 1680 g/mol. The van der Waals surface area contributed by atoms with Gasteiger partial charge in [0.2, 0.25) is 0 Å². The minimum Gasteiger partial charge on any atom is -0.391 e. The van der Waals surface area contributed by atoms with Crippen molar-refractivity contribution in [3.8, 4) is 0 Å². The van der Waals surface area contributed by atoms with E-state index in [0.29, 0.717) is 112 Å². The Morgan fingerprint density at radius 2 is 0.336 bits per heavy atom. The third kappa shape index (κ3) is 41.8. The summed E-state index contributed by atoms with van der Waals surface area (Å²) in [5.74, 6) is 0. The minimum absolute atomic E-state index is 0.0525. The average molecular weight is 1680 g/mol. The summed E-state index contributed by atoms with van der Waals surface area (Å²) in [4.78, 5) is 0. The van der Waals surface area contributed by atoms with Gasteiger partial charge in [0.25, 0.3) is 0 Å². The summed E-state index contributed by atoms with van der Waals surface area (Å²) in [5, 5.41) is 63.6. The summed E-state index contributed by atoms with van der Waals surface area (Å²) in [6.45, 7) is 79.4. The van der Waals surface area contributed by atoms with E-state index in [1.54, 1.807) is 0 Å². The highest BCUT2D eigenvalue weighted by atomic mass is 31.2. The maximum absolute atomic E-state index is 13.6. The van der Waals surface area contributed by atoms with Gasteiger partial charge in [0, 0.05) is 0 Å². The van der Waals surface area contributed by atoms with Gasteiger partial charge in [-0.1, -0.05) is 13.8 Å². The topological polar surface area (TPSA) is 284 Å². The third-order valence-corrected chi connectivity index (χ3v) is 34.3. The molecular weight excluding hydrogens is 1490 g/mol. The van der Waals surface area contributed by atoms with Crippen LogP contribution in [0.25, 0.3) is 0 Å². The van der Waals surface area contributed by atoms with Gasteiger partial charge in [-0.2, -0.15) is 0 Å². The minimum atomic E-state index is -3.37. The smallest absolute Gasteiger partial charge is 0.336 e. The fraction of sp³-hybridized carbons (Fsp3) is 1.00. The van der Waals surface area contributed by atoms with Gasteiger partial charge < -0.3 is 108 Å². The fourth-order valence-corrected chi connectivity index (χ4v) is 19.6. The Kier molecular flexibility index (Phi) is 59.7. The van der Waals surface area contributed by atoms with Crippen molar-refractivity contribution in [2.75, 3.05) is 310 Å². The van der Waals surface area contributed by atoms with Crippen molar-refractivity contribution in [1.82, 2.24) is 0 Å². The first-order valence-corrected chi connectivity index (χ1v) is 48.7. The maximum atomic E-state index is 13.6. The molecule has 0 aromatic rings. The Morgan fingerprint density at radius 3 is 0.445 bits per heavy atom. The summed E-state index contributed by atoms with van der Waals surface area (Å²) in [6.07, 6.45) is 1.88. The molecule has 0 spiro atoms. The lowest BCUT2D eigenvalue weighted by Crippen LogP contribution is -2.55. The van der Waals surface area contributed by atoms with E-state index >= 15 is 0 Å². The molecular formula is C79H186N8O19P4+8. The lowest BCUT2D eigenvalue weighted by atomic mass is 10.3. The molecule has 7 N–H and O–H groups in total. The second-order valence-electron chi connectivity index (χ2n) is 35.2. The molecule has 110 heavy (non-hydrogen) atoms. The van der Waals surface area contributed by atoms with E-state index in [2.05, 4.69) is 118 Å². The van der Waals surface area contributed by atoms with Crippen LogP contribution in [0.5, 0.6) is 0 Å². The summed E-state index contributed by atoms with van der Waals surface area (Å²) in [5.41, 5.74) is 0. The van der Waals surface area contributed by atoms with E-state index in [1.807, 2.05) is 83.1 Å². The van der Waals surface area contributed by atoms with Gasteiger partial charge in [0.15, 0.2) is 0 Å². The van der Waals surface area contributed by atoms with Crippen molar-refractivity contribution < 1.29 is 126 Å². The van der Waals surface area contributed by atoms with E-state index in [9.17, 15) is 54.0 Å². The van der Waals surface area contributed by atoms with E-state index in [0.717, 1.165) is 160 Å². The highest BCUT2D eigenvalue weighted by molar-refractivity contribution is 7.56. The lowest BCUT2D eigenvalue weighted by Gasteiger charge is -2.39. The Bertz CT molecular complexity index is 2280. The van der Waals surface area contributed by atoms with Gasteiger partial charge in [-0.3, -0.25) is 18.3 Å². The van der Waals surface area contributed by atoms with Crippen LogP contribution in [0.4, 0.5) is 0 Å².